The summed E-state index contributed by atoms with van der Waals surface area (Å²) in [5, 5.41) is 3.02. The van der Waals surface area contributed by atoms with Crippen LogP contribution in [0.15, 0.2) is 34.9 Å². The highest BCUT2D eigenvalue weighted by Crippen LogP contribution is 2.26. The highest BCUT2D eigenvalue weighted by atomic mass is 79.9. The minimum absolute atomic E-state index is 0.0626. The first-order chi connectivity index (χ1) is 10.0. The van der Waals surface area contributed by atoms with Gasteiger partial charge in [-0.2, -0.15) is 0 Å². The molecule has 0 saturated heterocycles. The highest BCUT2D eigenvalue weighted by Gasteiger charge is 2.16. The minimum atomic E-state index is -0.0626. The molecule has 0 fully saturated rings. The van der Waals surface area contributed by atoms with Gasteiger partial charge < -0.3 is 9.88 Å². The molecule has 110 valence electrons. The zero-order valence-corrected chi connectivity index (χ0v) is 13.9. The molecule has 2 aromatic rings. The summed E-state index contributed by atoms with van der Waals surface area (Å²) in [5.74, 6) is -0.0626. The summed E-state index contributed by atoms with van der Waals surface area (Å²) in [6.45, 7) is 4.14. The van der Waals surface area contributed by atoms with Crippen LogP contribution in [0, 0.1) is 0 Å². The van der Waals surface area contributed by atoms with Crippen LogP contribution in [0.4, 0.5) is 5.69 Å². The molecular weight excluding hydrogens is 328 g/mol. The first kappa shape index (κ1) is 14.4. The highest BCUT2D eigenvalue weighted by molar-refractivity contribution is 9.10. The number of hydrogen-bond donors (Lipinski definition) is 1. The number of halogens is 1. The Hall–Kier alpha value is -1.55. The number of hydrogen-bond acceptors (Lipinski definition) is 1. The molecule has 1 aromatic carbocycles. The number of carbonyl (C=O) groups excluding carboxylic acids is 1. The van der Waals surface area contributed by atoms with Crippen molar-refractivity contribution in [1.82, 2.24) is 4.57 Å². The maximum absolute atomic E-state index is 12.5. The minimum Gasteiger partial charge on any atom is -0.340 e. The first-order valence-corrected chi connectivity index (χ1v) is 8.14. The van der Waals surface area contributed by atoms with Gasteiger partial charge in [-0.05, 0) is 78.4 Å². The molecule has 0 unspecified atom stereocenters. The van der Waals surface area contributed by atoms with E-state index in [1.54, 1.807) is 0 Å². The summed E-state index contributed by atoms with van der Waals surface area (Å²) in [6, 6.07) is 8.35. The van der Waals surface area contributed by atoms with Crippen molar-refractivity contribution < 1.29 is 4.79 Å². The monoisotopic (exact) mass is 346 g/mol. The first-order valence-electron chi connectivity index (χ1n) is 7.35. The topological polar surface area (TPSA) is 34.0 Å². The number of aryl methyl sites for hydroxylation is 2. The number of anilines is 1. The Labute approximate surface area is 133 Å². The van der Waals surface area contributed by atoms with Crippen molar-refractivity contribution >= 4 is 27.5 Å². The molecule has 0 aliphatic heterocycles. The molecule has 1 aliphatic rings. The number of nitrogens with zero attached hydrogens (tertiary/aromatic N) is 1. The van der Waals surface area contributed by atoms with Gasteiger partial charge in [0.2, 0.25) is 0 Å². The standard InChI is InChI=1S/C17H19BrN2O/c1-11(2)20-10-14(18)9-16(20)17(21)19-15-7-6-12-4-3-5-13(12)8-15/h6-11H,3-5H2,1-2H3,(H,19,21). The van der Waals surface area contributed by atoms with E-state index in [2.05, 4.69) is 47.2 Å². The van der Waals surface area contributed by atoms with Gasteiger partial charge in [-0.15, -0.1) is 0 Å². The molecule has 1 heterocycles. The van der Waals surface area contributed by atoms with Gasteiger partial charge in [0.25, 0.3) is 5.91 Å². The number of aromatic nitrogens is 1. The van der Waals surface area contributed by atoms with Gasteiger partial charge in [-0.25, -0.2) is 0 Å². The van der Waals surface area contributed by atoms with Gasteiger partial charge in [0.05, 0.1) is 0 Å². The Morgan fingerprint density at radius 3 is 2.76 bits per heavy atom. The summed E-state index contributed by atoms with van der Waals surface area (Å²) < 4.78 is 2.91. The normalized spacial score (nSPS) is 13.5. The zero-order valence-electron chi connectivity index (χ0n) is 12.3. The van der Waals surface area contributed by atoms with Crippen molar-refractivity contribution in [3.8, 4) is 0 Å². The Morgan fingerprint density at radius 2 is 2.00 bits per heavy atom. The largest absolute Gasteiger partial charge is 0.340 e. The summed E-state index contributed by atoms with van der Waals surface area (Å²) >= 11 is 3.44. The van der Waals surface area contributed by atoms with Gasteiger partial charge in [0.15, 0.2) is 0 Å². The zero-order chi connectivity index (χ0) is 15.0. The molecule has 1 N–H and O–H groups in total. The summed E-state index contributed by atoms with van der Waals surface area (Å²) in [6.07, 6.45) is 5.44. The fourth-order valence-electron chi connectivity index (χ4n) is 2.90. The van der Waals surface area contributed by atoms with Crippen molar-refractivity contribution in [1.29, 1.82) is 0 Å². The van der Waals surface area contributed by atoms with Crippen molar-refractivity contribution in [2.45, 2.75) is 39.2 Å². The fraction of sp³-hybridized carbons (Fsp3) is 0.353. The van der Waals surface area contributed by atoms with E-state index in [1.807, 2.05) is 22.9 Å². The number of benzene rings is 1. The Bertz CT molecular complexity index is 688. The van der Waals surface area contributed by atoms with Gasteiger partial charge in [0.1, 0.15) is 5.69 Å². The van der Waals surface area contributed by atoms with E-state index >= 15 is 0 Å². The second kappa shape index (κ2) is 5.68. The van der Waals surface area contributed by atoms with Crippen molar-refractivity contribution in [3.05, 3.63) is 51.8 Å². The Kier molecular flexibility index (Phi) is 3.89. The van der Waals surface area contributed by atoms with E-state index in [-0.39, 0.29) is 11.9 Å². The Morgan fingerprint density at radius 1 is 1.24 bits per heavy atom. The molecule has 1 aliphatic carbocycles. The molecule has 0 bridgehead atoms. The van der Waals surface area contributed by atoms with Crippen LogP contribution >= 0.6 is 15.9 Å². The lowest BCUT2D eigenvalue weighted by molar-refractivity contribution is 0.101. The smallest absolute Gasteiger partial charge is 0.272 e. The van der Waals surface area contributed by atoms with Crippen LogP contribution in [0.2, 0.25) is 0 Å². The third kappa shape index (κ3) is 2.91. The molecule has 1 amide bonds. The van der Waals surface area contributed by atoms with Crippen LogP contribution < -0.4 is 5.32 Å². The third-order valence-corrected chi connectivity index (χ3v) is 4.39. The van der Waals surface area contributed by atoms with Gasteiger partial charge >= 0.3 is 0 Å². The van der Waals surface area contributed by atoms with Crippen LogP contribution in [0.3, 0.4) is 0 Å². The SMILES string of the molecule is CC(C)n1cc(Br)cc1C(=O)Nc1ccc2c(c1)CCC2. The number of amides is 1. The maximum atomic E-state index is 12.5. The van der Waals surface area contributed by atoms with Gasteiger partial charge in [-0.3, -0.25) is 4.79 Å². The second-order valence-corrected chi connectivity index (χ2v) is 6.75. The lowest BCUT2D eigenvalue weighted by Gasteiger charge is -2.13. The molecule has 0 radical (unpaired) electrons. The molecule has 4 heteroatoms. The van der Waals surface area contributed by atoms with Gasteiger partial charge in [-0.1, -0.05) is 6.07 Å². The summed E-state index contributed by atoms with van der Waals surface area (Å²) in [4.78, 5) is 12.5. The predicted octanol–water partition coefficient (Wildman–Crippen LogP) is 4.57. The van der Waals surface area contributed by atoms with E-state index in [9.17, 15) is 4.79 Å². The third-order valence-electron chi connectivity index (χ3n) is 3.96. The predicted molar refractivity (Wildman–Crippen MR) is 88.9 cm³/mol. The molecular formula is C17H19BrN2O. The van der Waals surface area contributed by atoms with Crippen LogP contribution in [0.25, 0.3) is 0 Å². The van der Waals surface area contributed by atoms with Crippen molar-refractivity contribution in [2.75, 3.05) is 5.32 Å². The second-order valence-electron chi connectivity index (χ2n) is 5.84. The van der Waals surface area contributed by atoms with Crippen LogP contribution in [-0.2, 0) is 12.8 Å². The molecule has 1 aromatic heterocycles. The summed E-state index contributed by atoms with van der Waals surface area (Å²) in [7, 11) is 0. The van der Waals surface area contributed by atoms with Crippen LogP contribution in [-0.4, -0.2) is 10.5 Å². The summed E-state index contributed by atoms with van der Waals surface area (Å²) in [5.41, 5.74) is 4.35. The number of fused-ring (bicyclic) bond motifs is 1. The van der Waals surface area contributed by atoms with E-state index < -0.39 is 0 Å². The number of rotatable bonds is 3. The number of carbonyl (C=O) groups is 1. The molecule has 3 nitrogen and oxygen atoms in total. The average molecular weight is 347 g/mol. The molecule has 21 heavy (non-hydrogen) atoms. The van der Waals surface area contributed by atoms with E-state index in [0.717, 1.165) is 23.0 Å². The molecule has 0 atom stereocenters. The van der Waals surface area contributed by atoms with Crippen LogP contribution in [0.1, 0.15) is 47.9 Å². The van der Waals surface area contributed by atoms with E-state index in [1.165, 1.54) is 17.5 Å². The molecule has 0 saturated carbocycles. The quantitative estimate of drug-likeness (QED) is 0.867. The van der Waals surface area contributed by atoms with Crippen LogP contribution in [0.5, 0.6) is 0 Å². The Balaban J connectivity index is 1.83. The molecule has 3 rings (SSSR count). The van der Waals surface area contributed by atoms with Crippen molar-refractivity contribution in [3.63, 3.8) is 0 Å². The van der Waals surface area contributed by atoms with Crippen molar-refractivity contribution in [2.24, 2.45) is 0 Å². The van der Waals surface area contributed by atoms with E-state index in [0.29, 0.717) is 5.69 Å². The fourth-order valence-corrected chi connectivity index (χ4v) is 3.34. The average Bonchev–Trinajstić information content (AvgIpc) is 3.04. The van der Waals surface area contributed by atoms with Gasteiger partial charge in [0, 0.05) is 22.4 Å². The lowest BCUT2D eigenvalue weighted by Crippen LogP contribution is -2.17. The van der Waals surface area contributed by atoms with E-state index in [4.69, 9.17) is 0 Å². The lowest BCUT2D eigenvalue weighted by atomic mass is 10.1. The number of nitrogens with one attached hydrogen (secondary N) is 1. The maximum Gasteiger partial charge on any atom is 0.272 e. The molecule has 0 spiro atoms.